The second-order valence-corrected chi connectivity index (χ2v) is 5.17. The summed E-state index contributed by atoms with van der Waals surface area (Å²) in [4.78, 5) is 26.1. The molecule has 2 aromatic heterocycles. The summed E-state index contributed by atoms with van der Waals surface area (Å²) in [7, 11) is 0. The minimum Gasteiger partial charge on any atom is -0.459 e. The van der Waals surface area contributed by atoms with Crippen molar-refractivity contribution in [2.45, 2.75) is 18.9 Å². The summed E-state index contributed by atoms with van der Waals surface area (Å²) >= 11 is 0. The summed E-state index contributed by atoms with van der Waals surface area (Å²) < 4.78 is 5.14. The van der Waals surface area contributed by atoms with Crippen LogP contribution in [0, 0.1) is 0 Å². The molecule has 2 amide bonds. The van der Waals surface area contributed by atoms with Gasteiger partial charge in [0.2, 0.25) is 0 Å². The minimum absolute atomic E-state index is 0.0756. The van der Waals surface area contributed by atoms with Crippen molar-refractivity contribution in [3.63, 3.8) is 0 Å². The summed E-state index contributed by atoms with van der Waals surface area (Å²) in [5.74, 6) is -0.0213. The average molecular weight is 300 g/mol. The fourth-order valence-corrected chi connectivity index (χ4v) is 2.53. The Morgan fingerprint density at radius 1 is 1.32 bits per heavy atom. The first-order valence-electron chi connectivity index (χ1n) is 7.14. The number of hydrogen-bond acceptors (Lipinski definition) is 5. The van der Waals surface area contributed by atoms with Gasteiger partial charge in [0.1, 0.15) is 0 Å². The Bertz CT molecular complexity index is 642. The van der Waals surface area contributed by atoms with Crippen LogP contribution in [0.5, 0.6) is 0 Å². The molecule has 1 saturated heterocycles. The zero-order valence-corrected chi connectivity index (χ0v) is 11.9. The molecule has 0 radical (unpaired) electrons. The monoisotopic (exact) mass is 300 g/mol. The molecule has 0 aromatic carbocycles. The molecule has 1 fully saturated rings. The molecule has 3 rings (SSSR count). The van der Waals surface area contributed by atoms with Crippen molar-refractivity contribution >= 4 is 11.8 Å². The molecule has 0 saturated carbocycles. The van der Waals surface area contributed by atoms with Gasteiger partial charge < -0.3 is 14.6 Å². The summed E-state index contributed by atoms with van der Waals surface area (Å²) in [6.45, 7) is 1.15. The molecule has 7 heteroatoms. The van der Waals surface area contributed by atoms with Gasteiger partial charge in [0.25, 0.3) is 11.8 Å². The summed E-state index contributed by atoms with van der Waals surface area (Å²) in [6, 6.07) is 4.87. The molecule has 2 aromatic rings. The Morgan fingerprint density at radius 2 is 2.23 bits per heavy atom. The molecule has 1 N–H and O–H groups in total. The largest absolute Gasteiger partial charge is 0.459 e. The number of nitrogens with one attached hydrogen (secondary N) is 1. The van der Waals surface area contributed by atoms with Crippen molar-refractivity contribution in [2.75, 3.05) is 13.1 Å². The Morgan fingerprint density at radius 3 is 2.95 bits per heavy atom. The molecule has 0 aliphatic carbocycles. The van der Waals surface area contributed by atoms with E-state index in [1.54, 1.807) is 23.1 Å². The van der Waals surface area contributed by atoms with Gasteiger partial charge in [-0.2, -0.15) is 10.2 Å². The van der Waals surface area contributed by atoms with Crippen molar-refractivity contribution in [1.82, 2.24) is 20.4 Å². The van der Waals surface area contributed by atoms with Gasteiger partial charge in [-0.25, -0.2) is 0 Å². The standard InChI is InChI=1S/C15H16N4O3/c20-14(11-5-6-16-17-9-11)18-12-3-1-7-19(10-12)15(21)13-4-2-8-22-13/h2,4-6,8-9,12H,1,3,7,10H2,(H,18,20). The molecule has 1 aliphatic heterocycles. The SMILES string of the molecule is O=C(NC1CCCN(C(=O)c2ccco2)C1)c1ccnnc1. The number of piperidine rings is 1. The topological polar surface area (TPSA) is 88.3 Å². The Kier molecular flexibility index (Phi) is 4.13. The van der Waals surface area contributed by atoms with Gasteiger partial charge in [-0.1, -0.05) is 0 Å². The van der Waals surface area contributed by atoms with Crippen molar-refractivity contribution in [2.24, 2.45) is 0 Å². The number of carbonyl (C=O) groups is 2. The van der Waals surface area contributed by atoms with Crippen molar-refractivity contribution in [3.8, 4) is 0 Å². The molecule has 7 nitrogen and oxygen atoms in total. The summed E-state index contributed by atoms with van der Waals surface area (Å²) in [5.41, 5.74) is 0.462. The molecule has 0 spiro atoms. The van der Waals surface area contributed by atoms with Crippen LogP contribution in [0.15, 0.2) is 41.3 Å². The molecule has 1 atom stereocenters. The van der Waals surface area contributed by atoms with Gasteiger partial charge in [-0.3, -0.25) is 9.59 Å². The normalized spacial score (nSPS) is 18.0. The van der Waals surface area contributed by atoms with E-state index < -0.39 is 0 Å². The average Bonchev–Trinajstić information content (AvgIpc) is 3.09. The fourth-order valence-electron chi connectivity index (χ4n) is 2.53. The van der Waals surface area contributed by atoms with E-state index in [0.717, 1.165) is 12.8 Å². The highest BCUT2D eigenvalue weighted by Crippen LogP contribution is 2.14. The lowest BCUT2D eigenvalue weighted by molar-refractivity contribution is 0.0647. The molecular weight excluding hydrogens is 284 g/mol. The quantitative estimate of drug-likeness (QED) is 0.917. The van der Waals surface area contributed by atoms with Gasteiger partial charge in [-0.05, 0) is 31.0 Å². The number of nitrogens with zero attached hydrogens (tertiary/aromatic N) is 3. The number of furan rings is 1. The summed E-state index contributed by atoms with van der Waals surface area (Å²) in [5, 5.41) is 10.3. The number of rotatable bonds is 3. The Hall–Kier alpha value is -2.70. The van der Waals surface area contributed by atoms with Gasteiger partial charge in [-0.15, -0.1) is 0 Å². The van der Waals surface area contributed by atoms with Crippen molar-refractivity contribution in [1.29, 1.82) is 0 Å². The maximum Gasteiger partial charge on any atom is 0.289 e. The predicted octanol–water partition coefficient (Wildman–Crippen LogP) is 1.10. The minimum atomic E-state index is -0.202. The Balaban J connectivity index is 1.61. The van der Waals surface area contributed by atoms with E-state index in [4.69, 9.17) is 4.42 Å². The molecule has 3 heterocycles. The van der Waals surface area contributed by atoms with Crippen LogP contribution >= 0.6 is 0 Å². The number of aromatic nitrogens is 2. The van der Waals surface area contributed by atoms with Crippen molar-refractivity contribution in [3.05, 3.63) is 48.2 Å². The van der Waals surface area contributed by atoms with E-state index in [1.807, 2.05) is 0 Å². The fraction of sp³-hybridized carbons (Fsp3) is 0.333. The first-order chi connectivity index (χ1) is 10.7. The van der Waals surface area contributed by atoms with E-state index in [2.05, 4.69) is 15.5 Å². The van der Waals surface area contributed by atoms with Crippen LogP contribution in [-0.4, -0.2) is 46.0 Å². The number of amides is 2. The molecule has 1 aliphatic rings. The lowest BCUT2D eigenvalue weighted by Gasteiger charge is -2.32. The first kappa shape index (κ1) is 14.2. The first-order valence-corrected chi connectivity index (χ1v) is 7.14. The van der Waals surface area contributed by atoms with E-state index in [1.165, 1.54) is 18.7 Å². The summed E-state index contributed by atoms with van der Waals surface area (Å²) in [6.07, 6.45) is 6.05. The smallest absolute Gasteiger partial charge is 0.289 e. The zero-order chi connectivity index (χ0) is 15.4. The van der Waals surface area contributed by atoms with Crippen LogP contribution in [0.4, 0.5) is 0 Å². The second kappa shape index (κ2) is 6.38. The highest BCUT2D eigenvalue weighted by molar-refractivity contribution is 5.94. The van der Waals surface area contributed by atoms with Crippen molar-refractivity contribution < 1.29 is 14.0 Å². The van der Waals surface area contributed by atoms with Crippen LogP contribution in [-0.2, 0) is 0 Å². The van der Waals surface area contributed by atoms with Crippen LogP contribution in [0.3, 0.4) is 0 Å². The molecular formula is C15H16N4O3. The lowest BCUT2D eigenvalue weighted by atomic mass is 10.0. The van der Waals surface area contributed by atoms with Crippen LogP contribution in [0.2, 0.25) is 0 Å². The maximum absolute atomic E-state index is 12.3. The highest BCUT2D eigenvalue weighted by Gasteiger charge is 2.26. The van der Waals surface area contributed by atoms with E-state index in [0.29, 0.717) is 24.4 Å². The number of carbonyl (C=O) groups excluding carboxylic acids is 2. The van der Waals surface area contributed by atoms with Gasteiger partial charge >= 0.3 is 0 Å². The van der Waals surface area contributed by atoms with Gasteiger partial charge in [0, 0.05) is 19.1 Å². The third kappa shape index (κ3) is 3.13. The lowest BCUT2D eigenvalue weighted by Crippen LogP contribution is -2.49. The Labute approximate surface area is 127 Å². The molecule has 114 valence electrons. The number of hydrogen-bond donors (Lipinski definition) is 1. The maximum atomic E-state index is 12.3. The van der Waals surface area contributed by atoms with Gasteiger partial charge in [0.05, 0.1) is 24.2 Å². The van der Waals surface area contributed by atoms with E-state index in [9.17, 15) is 9.59 Å². The van der Waals surface area contributed by atoms with Crippen LogP contribution < -0.4 is 5.32 Å². The predicted molar refractivity (Wildman–Crippen MR) is 77.1 cm³/mol. The van der Waals surface area contributed by atoms with Gasteiger partial charge in [0.15, 0.2) is 5.76 Å². The third-order valence-electron chi connectivity index (χ3n) is 3.62. The molecule has 1 unspecified atom stereocenters. The second-order valence-electron chi connectivity index (χ2n) is 5.17. The third-order valence-corrected chi connectivity index (χ3v) is 3.62. The van der Waals surface area contributed by atoms with Crippen LogP contribution in [0.25, 0.3) is 0 Å². The van der Waals surface area contributed by atoms with Crippen LogP contribution in [0.1, 0.15) is 33.8 Å². The number of likely N-dealkylation sites (tertiary alicyclic amines) is 1. The zero-order valence-electron chi connectivity index (χ0n) is 11.9. The van der Waals surface area contributed by atoms with E-state index in [-0.39, 0.29) is 17.9 Å². The molecule has 0 bridgehead atoms. The molecule has 22 heavy (non-hydrogen) atoms. The van der Waals surface area contributed by atoms with E-state index >= 15 is 0 Å². The highest BCUT2D eigenvalue weighted by atomic mass is 16.3.